The lowest BCUT2D eigenvalue weighted by atomic mass is 9.99. The number of anilines is 1. The highest BCUT2D eigenvalue weighted by Crippen LogP contribution is 2.44. The summed E-state index contributed by atoms with van der Waals surface area (Å²) in [5, 5.41) is 11.1. The fourth-order valence-electron chi connectivity index (χ4n) is 2.82. The van der Waals surface area contributed by atoms with Crippen molar-refractivity contribution in [3.63, 3.8) is 0 Å². The number of nitrogen functional groups attached to an aromatic ring is 1. The Bertz CT molecular complexity index is 539. The maximum Gasteiger partial charge on any atom is 0.303 e. The first-order valence-corrected chi connectivity index (χ1v) is 8.37. The number of hydrogen-bond donors (Lipinski definition) is 3. The summed E-state index contributed by atoms with van der Waals surface area (Å²) in [5.74, 6) is 2.62. The molecule has 2 fully saturated rings. The maximum atomic E-state index is 7.72. The second-order valence-corrected chi connectivity index (χ2v) is 6.71. The summed E-state index contributed by atoms with van der Waals surface area (Å²) in [6, 6.07) is 1.87. The highest BCUT2D eigenvalue weighted by atomic mass is 79.9. The van der Waals surface area contributed by atoms with Crippen LogP contribution in [0.4, 0.5) is 5.82 Å². The molecule has 21 heavy (non-hydrogen) atoms. The van der Waals surface area contributed by atoms with Gasteiger partial charge in [0.1, 0.15) is 5.75 Å². The quantitative estimate of drug-likeness (QED) is 0.440. The van der Waals surface area contributed by atoms with E-state index in [1.807, 2.05) is 12.3 Å². The molecule has 0 radical (unpaired) electrons. The van der Waals surface area contributed by atoms with Crippen LogP contribution in [0.2, 0.25) is 0 Å². The van der Waals surface area contributed by atoms with Crippen LogP contribution in [-0.2, 0) is 0 Å². The highest BCUT2D eigenvalue weighted by molar-refractivity contribution is 9.18. The van der Waals surface area contributed by atoms with E-state index in [9.17, 15) is 0 Å². The minimum Gasteiger partial charge on any atom is -0.493 e. The van der Waals surface area contributed by atoms with Gasteiger partial charge in [-0.25, -0.2) is 0 Å². The molecular weight excluding hydrogens is 332 g/mol. The second kappa shape index (κ2) is 6.32. The molecule has 1 aliphatic heterocycles. The standard InChI is InChI=1S/C15H21BrN4O/c16-15(18)20-8-12(11-1-2-11)13(7-14(20)17)21-9-10-3-5-19-6-4-10/h7-8,10-11,17-19H,1-6,9H2/p+1. The molecule has 114 valence electrons. The Kier molecular flexibility index (Phi) is 4.45. The molecule has 2 aliphatic rings. The van der Waals surface area contributed by atoms with Gasteiger partial charge in [-0.2, -0.15) is 9.98 Å². The number of nitrogens with two attached hydrogens (primary N) is 1. The van der Waals surface area contributed by atoms with Crippen LogP contribution in [-0.4, -0.2) is 24.4 Å². The number of nitrogens with zero attached hydrogens (tertiary/aromatic N) is 1. The van der Waals surface area contributed by atoms with E-state index in [2.05, 4.69) is 21.2 Å². The molecule has 1 aromatic heterocycles. The van der Waals surface area contributed by atoms with Crippen LogP contribution in [0.5, 0.6) is 5.75 Å². The first kappa shape index (κ1) is 14.8. The Morgan fingerprint density at radius 2 is 2.10 bits per heavy atom. The lowest BCUT2D eigenvalue weighted by molar-refractivity contribution is -0.534. The molecule has 2 heterocycles. The Balaban J connectivity index is 1.76. The summed E-state index contributed by atoms with van der Waals surface area (Å²) in [4.78, 5) is 0. The van der Waals surface area contributed by atoms with Gasteiger partial charge in [-0.15, -0.1) is 0 Å². The van der Waals surface area contributed by atoms with Gasteiger partial charge in [-0.1, -0.05) is 0 Å². The van der Waals surface area contributed by atoms with Crippen molar-refractivity contribution in [2.75, 3.05) is 25.4 Å². The summed E-state index contributed by atoms with van der Waals surface area (Å²) < 4.78 is 8.00. The molecule has 5 nitrogen and oxygen atoms in total. The van der Waals surface area contributed by atoms with E-state index >= 15 is 0 Å². The second-order valence-electron chi connectivity index (χ2n) is 5.96. The molecule has 1 saturated carbocycles. The topological polar surface area (TPSA) is 75.0 Å². The maximum absolute atomic E-state index is 7.72. The number of aromatic nitrogens is 1. The third-order valence-electron chi connectivity index (χ3n) is 4.27. The van der Waals surface area contributed by atoms with E-state index in [0.29, 0.717) is 17.7 Å². The van der Waals surface area contributed by atoms with E-state index in [-0.39, 0.29) is 4.74 Å². The molecule has 1 saturated heterocycles. The Morgan fingerprint density at radius 3 is 2.71 bits per heavy atom. The van der Waals surface area contributed by atoms with Gasteiger partial charge in [0, 0.05) is 21.5 Å². The van der Waals surface area contributed by atoms with Crippen LogP contribution in [0, 0.1) is 11.3 Å². The minimum absolute atomic E-state index is 0.256. The summed E-state index contributed by atoms with van der Waals surface area (Å²) in [7, 11) is 0. The summed E-state index contributed by atoms with van der Waals surface area (Å²) in [5.41, 5.74) is 7.21. The molecule has 4 N–H and O–H groups in total. The molecular formula is C15H22BrN4O+. The predicted octanol–water partition coefficient (Wildman–Crippen LogP) is 1.99. The highest BCUT2D eigenvalue weighted by Gasteiger charge is 2.30. The average Bonchev–Trinajstić information content (AvgIpc) is 3.30. The van der Waals surface area contributed by atoms with Gasteiger partial charge in [-0.3, -0.25) is 0 Å². The molecule has 0 bridgehead atoms. The average molecular weight is 354 g/mol. The number of rotatable bonds is 4. The number of piperidine rings is 1. The molecule has 1 aromatic rings. The summed E-state index contributed by atoms with van der Waals surface area (Å²) >= 11 is 3.18. The number of halogens is 1. The monoisotopic (exact) mass is 353 g/mol. The van der Waals surface area contributed by atoms with Gasteiger partial charge in [0.2, 0.25) is 5.82 Å². The lowest BCUT2D eigenvalue weighted by Crippen LogP contribution is -2.41. The molecule has 6 heteroatoms. The van der Waals surface area contributed by atoms with E-state index in [1.54, 1.807) is 4.57 Å². The number of hydrogen-bond acceptors (Lipinski definition) is 4. The largest absolute Gasteiger partial charge is 0.493 e. The van der Waals surface area contributed by atoms with E-state index in [1.165, 1.54) is 31.2 Å². The molecule has 0 unspecified atom stereocenters. The van der Waals surface area contributed by atoms with Crippen molar-refractivity contribution in [2.45, 2.75) is 31.6 Å². The minimum atomic E-state index is 0.256. The summed E-state index contributed by atoms with van der Waals surface area (Å²) in [6.45, 7) is 2.93. The van der Waals surface area contributed by atoms with Crippen molar-refractivity contribution < 1.29 is 9.30 Å². The fraction of sp³-hybridized carbons (Fsp3) is 0.600. The fourth-order valence-corrected chi connectivity index (χ4v) is 3.12. The molecule has 0 atom stereocenters. The Hall–Kier alpha value is -1.14. The number of pyridine rings is 1. The lowest BCUT2D eigenvalue weighted by Gasteiger charge is -2.23. The van der Waals surface area contributed by atoms with Gasteiger partial charge in [0.15, 0.2) is 0 Å². The molecule has 3 rings (SSSR count). The van der Waals surface area contributed by atoms with Crippen molar-refractivity contribution >= 4 is 26.5 Å². The van der Waals surface area contributed by atoms with Crippen LogP contribution in [0.25, 0.3) is 0 Å². The van der Waals surface area contributed by atoms with Gasteiger partial charge >= 0.3 is 4.74 Å². The molecule has 0 aromatic carbocycles. The predicted molar refractivity (Wildman–Crippen MR) is 86.2 cm³/mol. The third kappa shape index (κ3) is 3.55. The van der Waals surface area contributed by atoms with Crippen LogP contribution in [0.3, 0.4) is 0 Å². The molecule has 0 spiro atoms. The van der Waals surface area contributed by atoms with Gasteiger partial charge in [0.25, 0.3) is 0 Å². The van der Waals surface area contributed by atoms with E-state index in [4.69, 9.17) is 15.9 Å². The van der Waals surface area contributed by atoms with Gasteiger partial charge < -0.3 is 15.8 Å². The number of nitrogens with one attached hydrogen (secondary N) is 2. The SMILES string of the molecule is N=C(Br)[n+]1cc(C2CC2)c(OCC2CCNCC2)cc1N. The first-order valence-electron chi connectivity index (χ1n) is 7.58. The van der Waals surface area contributed by atoms with Crippen LogP contribution >= 0.6 is 15.9 Å². The van der Waals surface area contributed by atoms with Crippen LogP contribution in [0.1, 0.15) is 37.2 Å². The summed E-state index contributed by atoms with van der Waals surface area (Å²) in [6.07, 6.45) is 6.69. The smallest absolute Gasteiger partial charge is 0.303 e. The zero-order valence-electron chi connectivity index (χ0n) is 12.1. The van der Waals surface area contributed by atoms with Crippen LogP contribution in [0.15, 0.2) is 12.3 Å². The molecule has 1 aliphatic carbocycles. The van der Waals surface area contributed by atoms with E-state index < -0.39 is 0 Å². The zero-order chi connectivity index (χ0) is 14.8. The van der Waals surface area contributed by atoms with Crippen molar-refractivity contribution in [1.29, 1.82) is 5.41 Å². The Morgan fingerprint density at radius 1 is 1.38 bits per heavy atom. The Labute approximate surface area is 133 Å². The van der Waals surface area contributed by atoms with E-state index in [0.717, 1.165) is 25.4 Å². The van der Waals surface area contributed by atoms with Gasteiger partial charge in [0.05, 0.1) is 18.9 Å². The van der Waals surface area contributed by atoms with Crippen molar-refractivity contribution in [3.05, 3.63) is 17.8 Å². The zero-order valence-corrected chi connectivity index (χ0v) is 13.7. The third-order valence-corrected chi connectivity index (χ3v) is 4.65. The normalized spacial score (nSPS) is 19.5. The number of ether oxygens (including phenoxy) is 1. The van der Waals surface area contributed by atoms with Crippen molar-refractivity contribution in [3.8, 4) is 5.75 Å². The first-order chi connectivity index (χ1) is 10.1. The van der Waals surface area contributed by atoms with Crippen molar-refractivity contribution in [1.82, 2.24) is 5.32 Å². The molecule has 0 amide bonds. The van der Waals surface area contributed by atoms with Gasteiger partial charge in [-0.05, 0) is 50.6 Å². The van der Waals surface area contributed by atoms with Crippen molar-refractivity contribution in [2.24, 2.45) is 5.92 Å². The van der Waals surface area contributed by atoms with Crippen LogP contribution < -0.4 is 20.4 Å².